The van der Waals surface area contributed by atoms with Gasteiger partial charge in [0.2, 0.25) is 0 Å². The number of methoxy groups -OCH3 is 1. The Morgan fingerprint density at radius 1 is 1.26 bits per heavy atom. The smallest absolute Gasteiger partial charge is 0.255 e. The molecule has 1 saturated heterocycles. The van der Waals surface area contributed by atoms with Gasteiger partial charge in [-0.15, -0.1) is 0 Å². The number of ether oxygens (including phenoxy) is 3. The van der Waals surface area contributed by atoms with E-state index in [4.69, 9.17) is 14.2 Å². The SMILES string of the molecule is C=Cc1c(OC)cccc1C(=O)N1CC(C)(C)OCC1COc1cccc(O)c1C=O. The number of phenolic OH excluding ortho intramolecular Hbond substituents is 1. The Labute approximate surface area is 181 Å². The summed E-state index contributed by atoms with van der Waals surface area (Å²) >= 11 is 0. The average Bonchev–Trinajstić information content (AvgIpc) is 2.76. The van der Waals surface area contributed by atoms with Crippen molar-refractivity contribution >= 4 is 18.3 Å². The van der Waals surface area contributed by atoms with Crippen molar-refractivity contribution < 1.29 is 28.9 Å². The molecular weight excluding hydrogens is 398 g/mol. The summed E-state index contributed by atoms with van der Waals surface area (Å²) in [7, 11) is 1.55. The highest BCUT2D eigenvalue weighted by atomic mass is 16.5. The normalized spacial score (nSPS) is 17.6. The molecule has 0 aliphatic carbocycles. The zero-order valence-corrected chi connectivity index (χ0v) is 18.0. The van der Waals surface area contributed by atoms with Crippen molar-refractivity contribution in [2.24, 2.45) is 0 Å². The van der Waals surface area contributed by atoms with Gasteiger partial charge in [-0.2, -0.15) is 0 Å². The largest absolute Gasteiger partial charge is 0.507 e. The molecule has 3 rings (SSSR count). The molecule has 164 valence electrons. The lowest BCUT2D eigenvalue weighted by Gasteiger charge is -2.43. The second-order valence-electron chi connectivity index (χ2n) is 7.90. The van der Waals surface area contributed by atoms with E-state index in [9.17, 15) is 14.7 Å². The molecular formula is C24H27NO6. The van der Waals surface area contributed by atoms with Crippen LogP contribution in [0.2, 0.25) is 0 Å². The number of rotatable bonds is 7. The third-order valence-corrected chi connectivity index (χ3v) is 5.23. The first-order valence-corrected chi connectivity index (χ1v) is 9.95. The van der Waals surface area contributed by atoms with Crippen molar-refractivity contribution in [2.75, 3.05) is 26.9 Å². The van der Waals surface area contributed by atoms with Crippen molar-refractivity contribution in [1.29, 1.82) is 0 Å². The topological polar surface area (TPSA) is 85.3 Å². The van der Waals surface area contributed by atoms with Crippen LogP contribution in [0.1, 0.15) is 40.1 Å². The van der Waals surface area contributed by atoms with Crippen LogP contribution in [0.3, 0.4) is 0 Å². The number of phenols is 1. The van der Waals surface area contributed by atoms with Crippen molar-refractivity contribution in [2.45, 2.75) is 25.5 Å². The van der Waals surface area contributed by atoms with Gasteiger partial charge in [-0.1, -0.05) is 24.8 Å². The fourth-order valence-electron chi connectivity index (χ4n) is 3.61. The molecule has 31 heavy (non-hydrogen) atoms. The fraction of sp³-hybridized carbons (Fsp3) is 0.333. The second kappa shape index (κ2) is 9.22. The summed E-state index contributed by atoms with van der Waals surface area (Å²) in [5.74, 6) is 0.468. The molecule has 0 saturated carbocycles. The predicted molar refractivity (Wildman–Crippen MR) is 117 cm³/mol. The molecule has 0 spiro atoms. The van der Waals surface area contributed by atoms with E-state index in [1.807, 2.05) is 13.8 Å². The van der Waals surface area contributed by atoms with Crippen molar-refractivity contribution in [1.82, 2.24) is 4.90 Å². The molecule has 0 aromatic heterocycles. The van der Waals surface area contributed by atoms with Gasteiger partial charge in [-0.3, -0.25) is 9.59 Å². The van der Waals surface area contributed by atoms with Crippen molar-refractivity contribution in [3.63, 3.8) is 0 Å². The average molecular weight is 425 g/mol. The molecule has 1 N–H and O–H groups in total. The van der Waals surface area contributed by atoms with Gasteiger partial charge in [0.05, 0.1) is 36.5 Å². The van der Waals surface area contributed by atoms with Crippen molar-refractivity contribution in [3.8, 4) is 17.2 Å². The van der Waals surface area contributed by atoms with E-state index in [1.165, 1.54) is 6.07 Å². The van der Waals surface area contributed by atoms with Gasteiger partial charge in [-0.05, 0) is 38.1 Å². The summed E-state index contributed by atoms with van der Waals surface area (Å²) in [5, 5.41) is 9.87. The van der Waals surface area contributed by atoms with Crippen LogP contribution in [0.15, 0.2) is 43.0 Å². The highest BCUT2D eigenvalue weighted by Crippen LogP contribution is 2.30. The third-order valence-electron chi connectivity index (χ3n) is 5.23. The van der Waals surface area contributed by atoms with E-state index in [-0.39, 0.29) is 36.2 Å². The lowest BCUT2D eigenvalue weighted by atomic mass is 10.00. The monoisotopic (exact) mass is 425 g/mol. The minimum absolute atomic E-state index is 0.0687. The quantitative estimate of drug-likeness (QED) is 0.683. The van der Waals surface area contributed by atoms with Crippen LogP contribution in [0.25, 0.3) is 6.08 Å². The number of aldehydes is 1. The summed E-state index contributed by atoms with van der Waals surface area (Å²) in [5.41, 5.74) is 0.635. The molecule has 0 bridgehead atoms. The molecule has 0 radical (unpaired) electrons. The number of nitrogens with zero attached hydrogens (tertiary/aromatic N) is 1. The Morgan fingerprint density at radius 2 is 1.97 bits per heavy atom. The lowest BCUT2D eigenvalue weighted by molar-refractivity contribution is -0.108. The minimum Gasteiger partial charge on any atom is -0.507 e. The molecule has 1 unspecified atom stereocenters. The molecule has 7 nitrogen and oxygen atoms in total. The van der Waals surface area contributed by atoms with Gasteiger partial charge in [-0.25, -0.2) is 0 Å². The van der Waals surface area contributed by atoms with Gasteiger partial charge in [0, 0.05) is 12.1 Å². The summed E-state index contributed by atoms with van der Waals surface area (Å²) in [6.45, 7) is 8.38. The lowest BCUT2D eigenvalue weighted by Crippen LogP contribution is -2.58. The number of carbonyl (C=O) groups excluding carboxylic acids is 2. The van der Waals surface area contributed by atoms with Gasteiger partial charge in [0.25, 0.3) is 5.91 Å². The highest BCUT2D eigenvalue weighted by Gasteiger charge is 2.38. The molecule has 1 aliphatic heterocycles. The second-order valence-corrected chi connectivity index (χ2v) is 7.90. The number of aromatic hydroxyl groups is 1. The van der Waals surface area contributed by atoms with Gasteiger partial charge in [0.15, 0.2) is 6.29 Å². The number of benzene rings is 2. The zero-order valence-electron chi connectivity index (χ0n) is 18.0. The van der Waals surface area contributed by atoms with E-state index in [2.05, 4.69) is 6.58 Å². The molecule has 1 aliphatic rings. The number of hydrogen-bond acceptors (Lipinski definition) is 6. The number of amides is 1. The Balaban J connectivity index is 1.89. The third kappa shape index (κ3) is 4.72. The first kappa shape index (κ1) is 22.4. The van der Waals surface area contributed by atoms with Crippen LogP contribution in [0.4, 0.5) is 0 Å². The highest BCUT2D eigenvalue weighted by molar-refractivity contribution is 5.99. The maximum atomic E-state index is 13.5. The maximum Gasteiger partial charge on any atom is 0.255 e. The zero-order chi connectivity index (χ0) is 22.6. The Morgan fingerprint density at radius 3 is 2.65 bits per heavy atom. The Hall–Kier alpha value is -3.32. The first-order chi connectivity index (χ1) is 14.8. The molecule has 1 atom stereocenters. The fourth-order valence-corrected chi connectivity index (χ4v) is 3.61. The Bertz CT molecular complexity index is 984. The molecule has 2 aromatic rings. The van der Waals surface area contributed by atoms with Crippen LogP contribution >= 0.6 is 0 Å². The van der Waals surface area contributed by atoms with E-state index in [0.29, 0.717) is 29.7 Å². The van der Waals surface area contributed by atoms with Gasteiger partial charge < -0.3 is 24.2 Å². The molecule has 1 fully saturated rings. The standard InChI is InChI=1S/C24H27NO6/c1-5-17-18(8-6-10-21(17)29-4)23(28)25-15-24(2,3)31-14-16(25)13-30-22-11-7-9-20(27)19(22)12-26/h5-12,16,27H,1,13-15H2,2-4H3. The first-order valence-electron chi connectivity index (χ1n) is 9.95. The van der Waals surface area contributed by atoms with E-state index < -0.39 is 11.6 Å². The molecule has 1 heterocycles. The van der Waals surface area contributed by atoms with Crippen LogP contribution in [0.5, 0.6) is 17.2 Å². The van der Waals surface area contributed by atoms with Crippen LogP contribution in [-0.2, 0) is 4.74 Å². The van der Waals surface area contributed by atoms with Gasteiger partial charge in [0.1, 0.15) is 23.9 Å². The molecule has 1 amide bonds. The predicted octanol–water partition coefficient (Wildman–Crippen LogP) is 3.55. The van der Waals surface area contributed by atoms with Crippen LogP contribution in [0, 0.1) is 0 Å². The van der Waals surface area contributed by atoms with E-state index in [0.717, 1.165) is 0 Å². The number of morpholine rings is 1. The molecule has 7 heteroatoms. The maximum absolute atomic E-state index is 13.5. The van der Waals surface area contributed by atoms with E-state index in [1.54, 1.807) is 48.4 Å². The number of hydrogen-bond donors (Lipinski definition) is 1. The summed E-state index contributed by atoms with van der Waals surface area (Å²) in [6, 6.07) is 9.49. The minimum atomic E-state index is -0.529. The van der Waals surface area contributed by atoms with Gasteiger partial charge >= 0.3 is 0 Å². The van der Waals surface area contributed by atoms with Crippen molar-refractivity contribution in [3.05, 3.63) is 59.7 Å². The van der Waals surface area contributed by atoms with Crippen LogP contribution < -0.4 is 9.47 Å². The number of carbonyl (C=O) groups is 2. The Kier molecular flexibility index (Phi) is 6.65. The van der Waals surface area contributed by atoms with E-state index >= 15 is 0 Å². The summed E-state index contributed by atoms with van der Waals surface area (Å²) in [6.07, 6.45) is 2.15. The molecule has 2 aromatic carbocycles. The van der Waals surface area contributed by atoms with Crippen LogP contribution in [-0.4, -0.2) is 60.7 Å². The summed E-state index contributed by atoms with van der Waals surface area (Å²) in [4.78, 5) is 26.6. The summed E-state index contributed by atoms with van der Waals surface area (Å²) < 4.78 is 17.1.